The van der Waals surface area contributed by atoms with Crippen molar-refractivity contribution in [2.45, 2.75) is 44.1 Å². The van der Waals surface area contributed by atoms with E-state index in [1.165, 1.54) is 0 Å². The van der Waals surface area contributed by atoms with Gasteiger partial charge in [0.1, 0.15) is 15.4 Å². The Morgan fingerprint density at radius 1 is 1.15 bits per heavy atom. The van der Waals surface area contributed by atoms with Crippen LogP contribution in [0.15, 0.2) is 0 Å². The topological polar surface area (TPSA) is 113 Å². The summed E-state index contributed by atoms with van der Waals surface area (Å²) in [5.41, 5.74) is -1.23. The first-order valence-corrected chi connectivity index (χ1v) is 8.78. The van der Waals surface area contributed by atoms with Crippen molar-refractivity contribution in [1.29, 1.82) is 0 Å². The molecule has 0 radical (unpaired) electrons. The van der Waals surface area contributed by atoms with Gasteiger partial charge in [0.15, 0.2) is 0 Å². The molecule has 0 aromatic heterocycles. The van der Waals surface area contributed by atoms with Gasteiger partial charge in [-0.2, -0.15) is 0 Å². The highest BCUT2D eigenvalue weighted by atomic mass is 32.2. The molecule has 0 aromatic rings. The van der Waals surface area contributed by atoms with E-state index in [2.05, 4.69) is 10.6 Å². The molecule has 1 aliphatic rings. The summed E-state index contributed by atoms with van der Waals surface area (Å²) in [6.07, 6.45) is 5.34. The van der Waals surface area contributed by atoms with Crippen LogP contribution < -0.4 is 10.6 Å². The molecule has 0 bridgehead atoms. The van der Waals surface area contributed by atoms with E-state index in [1.807, 2.05) is 0 Å². The molecule has 1 fully saturated rings. The number of carboxylic acid groups (broad SMARTS) is 1. The summed E-state index contributed by atoms with van der Waals surface area (Å²) in [5, 5.41) is 14.3. The second-order valence-corrected chi connectivity index (χ2v) is 7.57. The van der Waals surface area contributed by atoms with Gasteiger partial charge in [0.2, 0.25) is 0 Å². The van der Waals surface area contributed by atoms with Crippen LogP contribution in [0.5, 0.6) is 0 Å². The minimum atomic E-state index is -3.15. The Hall–Kier alpha value is -1.31. The van der Waals surface area contributed by atoms with Crippen LogP contribution in [0, 0.1) is 0 Å². The van der Waals surface area contributed by atoms with Gasteiger partial charge in [0.25, 0.3) is 0 Å². The van der Waals surface area contributed by atoms with Gasteiger partial charge in [-0.15, -0.1) is 0 Å². The maximum Gasteiger partial charge on any atom is 0.329 e. The average Bonchev–Trinajstić information content (AvgIpc) is 2.53. The summed E-state index contributed by atoms with van der Waals surface area (Å²) in [5.74, 6) is -1.20. The predicted octanol–water partition coefficient (Wildman–Crippen LogP) is 0.508. The Balaban J connectivity index is 2.57. The standard InChI is InChI=1S/C12H22N2O5S/c1-20(18,19)9-8-13-11(17)14-12(10(15)16)6-4-2-3-5-7-12/h2-9H2,1H3,(H,15,16)(H2,13,14,17). The average molecular weight is 306 g/mol. The van der Waals surface area contributed by atoms with E-state index in [4.69, 9.17) is 0 Å². The summed E-state index contributed by atoms with van der Waals surface area (Å²) in [6, 6.07) is -0.627. The second-order valence-electron chi connectivity index (χ2n) is 5.31. The molecular weight excluding hydrogens is 284 g/mol. The van der Waals surface area contributed by atoms with E-state index in [0.29, 0.717) is 12.8 Å². The van der Waals surface area contributed by atoms with Crippen molar-refractivity contribution in [2.24, 2.45) is 0 Å². The Kier molecular flexibility index (Phi) is 5.79. The maximum atomic E-state index is 11.7. The van der Waals surface area contributed by atoms with E-state index in [1.54, 1.807) is 0 Å². The van der Waals surface area contributed by atoms with Crippen molar-refractivity contribution >= 4 is 21.8 Å². The highest BCUT2D eigenvalue weighted by Gasteiger charge is 2.40. The lowest BCUT2D eigenvalue weighted by Gasteiger charge is -2.29. The summed E-state index contributed by atoms with van der Waals surface area (Å²) in [4.78, 5) is 23.2. The normalized spacial score (nSPS) is 18.9. The molecule has 116 valence electrons. The zero-order chi connectivity index (χ0) is 15.2. The molecule has 2 amide bonds. The fourth-order valence-corrected chi connectivity index (χ4v) is 2.81. The number of aliphatic carboxylic acids is 1. The van der Waals surface area contributed by atoms with Crippen molar-refractivity contribution < 1.29 is 23.1 Å². The van der Waals surface area contributed by atoms with Gasteiger partial charge in [-0.1, -0.05) is 25.7 Å². The van der Waals surface area contributed by atoms with E-state index in [9.17, 15) is 23.1 Å². The van der Waals surface area contributed by atoms with Gasteiger partial charge in [-0.05, 0) is 12.8 Å². The number of hydrogen-bond donors (Lipinski definition) is 3. The van der Waals surface area contributed by atoms with Crippen LogP contribution in [0.25, 0.3) is 0 Å². The third-order valence-corrected chi connectivity index (χ3v) is 4.42. The van der Waals surface area contributed by atoms with Crippen molar-refractivity contribution in [2.75, 3.05) is 18.6 Å². The van der Waals surface area contributed by atoms with Crippen molar-refractivity contribution in [1.82, 2.24) is 10.6 Å². The number of urea groups is 1. The van der Waals surface area contributed by atoms with E-state index >= 15 is 0 Å². The number of sulfone groups is 1. The first kappa shape index (κ1) is 16.7. The van der Waals surface area contributed by atoms with Crippen LogP contribution in [-0.4, -0.2) is 49.6 Å². The van der Waals surface area contributed by atoms with Crippen LogP contribution >= 0.6 is 0 Å². The molecule has 0 spiro atoms. The summed E-state index contributed by atoms with van der Waals surface area (Å²) in [6.45, 7) is -0.0274. The van der Waals surface area contributed by atoms with Gasteiger partial charge < -0.3 is 15.7 Å². The van der Waals surface area contributed by atoms with Crippen LogP contribution in [0.4, 0.5) is 4.79 Å². The van der Waals surface area contributed by atoms with E-state index < -0.39 is 27.4 Å². The number of carboxylic acids is 1. The summed E-state index contributed by atoms with van der Waals surface area (Å²) < 4.78 is 21.9. The molecule has 20 heavy (non-hydrogen) atoms. The molecule has 1 aliphatic carbocycles. The first-order valence-electron chi connectivity index (χ1n) is 6.72. The lowest BCUT2D eigenvalue weighted by atomic mass is 9.90. The fraction of sp³-hybridized carbons (Fsp3) is 0.833. The molecular formula is C12H22N2O5S. The van der Waals surface area contributed by atoms with Gasteiger partial charge in [0.05, 0.1) is 5.75 Å². The Labute approximate surface area is 119 Å². The number of hydrogen-bond acceptors (Lipinski definition) is 4. The maximum absolute atomic E-state index is 11.7. The lowest BCUT2D eigenvalue weighted by molar-refractivity contribution is -0.145. The molecule has 3 N–H and O–H groups in total. The van der Waals surface area contributed by atoms with E-state index in [-0.39, 0.29) is 12.3 Å². The smallest absolute Gasteiger partial charge is 0.329 e. The van der Waals surface area contributed by atoms with Gasteiger partial charge in [0, 0.05) is 12.8 Å². The van der Waals surface area contributed by atoms with Gasteiger partial charge in [-0.25, -0.2) is 18.0 Å². The number of nitrogens with one attached hydrogen (secondary N) is 2. The molecule has 0 aromatic carbocycles. The monoisotopic (exact) mass is 306 g/mol. The van der Waals surface area contributed by atoms with Gasteiger partial charge >= 0.3 is 12.0 Å². The molecule has 0 atom stereocenters. The Morgan fingerprint density at radius 2 is 1.70 bits per heavy atom. The number of rotatable bonds is 5. The van der Waals surface area contributed by atoms with Crippen molar-refractivity contribution in [3.63, 3.8) is 0 Å². The van der Waals surface area contributed by atoms with Crippen molar-refractivity contribution in [3.8, 4) is 0 Å². The number of carbonyl (C=O) groups is 2. The Bertz CT molecular complexity index is 452. The summed E-state index contributed by atoms with van der Waals surface area (Å²) in [7, 11) is -3.15. The molecule has 0 unspecified atom stereocenters. The third kappa shape index (κ3) is 5.36. The second kappa shape index (κ2) is 6.92. The third-order valence-electron chi connectivity index (χ3n) is 3.48. The SMILES string of the molecule is CS(=O)(=O)CCNC(=O)NC1(C(=O)O)CCCCCC1. The predicted molar refractivity (Wildman–Crippen MR) is 74.3 cm³/mol. The largest absolute Gasteiger partial charge is 0.480 e. The molecule has 1 rings (SSSR count). The van der Waals surface area contributed by atoms with Crippen LogP contribution in [-0.2, 0) is 14.6 Å². The molecule has 7 nitrogen and oxygen atoms in total. The summed E-state index contributed by atoms with van der Waals surface area (Å²) >= 11 is 0. The lowest BCUT2D eigenvalue weighted by Crippen LogP contribution is -2.57. The minimum absolute atomic E-state index is 0.0274. The zero-order valence-corrected chi connectivity index (χ0v) is 12.5. The molecule has 8 heteroatoms. The zero-order valence-electron chi connectivity index (χ0n) is 11.6. The van der Waals surface area contributed by atoms with Crippen LogP contribution in [0.3, 0.4) is 0 Å². The first-order chi connectivity index (χ1) is 9.25. The Morgan fingerprint density at radius 3 is 2.15 bits per heavy atom. The quantitative estimate of drug-likeness (QED) is 0.641. The fourth-order valence-electron chi connectivity index (χ4n) is 2.34. The van der Waals surface area contributed by atoms with Crippen molar-refractivity contribution in [3.05, 3.63) is 0 Å². The van der Waals surface area contributed by atoms with Gasteiger partial charge in [-0.3, -0.25) is 0 Å². The minimum Gasteiger partial charge on any atom is -0.480 e. The highest BCUT2D eigenvalue weighted by Crippen LogP contribution is 2.27. The van der Waals surface area contributed by atoms with Crippen LogP contribution in [0.2, 0.25) is 0 Å². The molecule has 1 saturated carbocycles. The van der Waals surface area contributed by atoms with Crippen LogP contribution in [0.1, 0.15) is 38.5 Å². The van der Waals surface area contributed by atoms with E-state index in [0.717, 1.165) is 31.9 Å². The molecule has 0 saturated heterocycles. The highest BCUT2D eigenvalue weighted by molar-refractivity contribution is 7.90. The molecule has 0 heterocycles. The molecule has 0 aliphatic heterocycles. The number of amides is 2. The number of carbonyl (C=O) groups excluding carboxylic acids is 1.